The molecule has 1 aromatic rings. The summed E-state index contributed by atoms with van der Waals surface area (Å²) in [5.41, 5.74) is 2.91. The summed E-state index contributed by atoms with van der Waals surface area (Å²) >= 11 is 0. The van der Waals surface area contributed by atoms with E-state index in [4.69, 9.17) is 7.85 Å². The lowest BCUT2D eigenvalue weighted by Crippen LogP contribution is -2.14. The van der Waals surface area contributed by atoms with Gasteiger partial charge in [-0.3, -0.25) is 0 Å². The van der Waals surface area contributed by atoms with Crippen molar-refractivity contribution in [1.29, 1.82) is 0 Å². The van der Waals surface area contributed by atoms with E-state index in [1.54, 1.807) is 0 Å². The van der Waals surface area contributed by atoms with Crippen LogP contribution >= 0.6 is 0 Å². The van der Waals surface area contributed by atoms with E-state index in [2.05, 4.69) is 6.58 Å². The zero-order valence-electron chi connectivity index (χ0n) is 7.54. The van der Waals surface area contributed by atoms with E-state index in [1.165, 1.54) is 0 Å². The van der Waals surface area contributed by atoms with Gasteiger partial charge in [-0.1, -0.05) is 24.2 Å². The van der Waals surface area contributed by atoms with E-state index in [9.17, 15) is 0 Å². The molecule has 60 valence electrons. The van der Waals surface area contributed by atoms with Crippen molar-refractivity contribution in [3.63, 3.8) is 0 Å². The van der Waals surface area contributed by atoms with Crippen LogP contribution in [0.4, 0.5) is 5.69 Å². The Morgan fingerprint density at radius 3 is 2.25 bits per heavy atom. The van der Waals surface area contributed by atoms with Crippen LogP contribution in [0, 0.1) is 0 Å². The first-order chi connectivity index (χ1) is 5.61. The Morgan fingerprint density at radius 1 is 1.33 bits per heavy atom. The topological polar surface area (TPSA) is 3.24 Å². The normalized spacial score (nSPS) is 9.50. The molecule has 0 aliphatic heterocycles. The summed E-state index contributed by atoms with van der Waals surface area (Å²) in [5.74, 6) is 0. The third-order valence-corrected chi connectivity index (χ3v) is 1.85. The summed E-state index contributed by atoms with van der Waals surface area (Å²) < 4.78 is 0. The smallest absolute Gasteiger partial charge is 0.113 e. The molecule has 2 heteroatoms. The number of allylic oxidation sites excluding steroid dienone is 1. The summed E-state index contributed by atoms with van der Waals surface area (Å²) in [6.07, 6.45) is 0. The molecule has 0 spiro atoms. The molecular formula is C10H12BN. The second-order valence-electron chi connectivity index (χ2n) is 2.89. The first-order valence-electron chi connectivity index (χ1n) is 3.86. The van der Waals surface area contributed by atoms with Crippen LogP contribution in [0.2, 0.25) is 0 Å². The van der Waals surface area contributed by atoms with E-state index in [-0.39, 0.29) is 0 Å². The van der Waals surface area contributed by atoms with Crippen molar-refractivity contribution in [2.45, 2.75) is 6.92 Å². The first-order valence-corrected chi connectivity index (χ1v) is 3.86. The molecule has 1 aromatic carbocycles. The largest absolute Gasteiger partial charge is 0.349 e. The van der Waals surface area contributed by atoms with Crippen molar-refractivity contribution in [2.75, 3.05) is 11.9 Å². The van der Waals surface area contributed by atoms with Gasteiger partial charge in [0.15, 0.2) is 0 Å². The maximum absolute atomic E-state index is 5.56. The number of hydrogen-bond donors (Lipinski definition) is 0. The van der Waals surface area contributed by atoms with Crippen LogP contribution in [0.5, 0.6) is 0 Å². The fraction of sp³-hybridized carbons (Fsp3) is 0.200. The van der Waals surface area contributed by atoms with Gasteiger partial charge in [-0.25, -0.2) is 0 Å². The zero-order chi connectivity index (χ0) is 9.14. The van der Waals surface area contributed by atoms with Gasteiger partial charge in [-0.05, 0) is 19.1 Å². The van der Waals surface area contributed by atoms with Crippen LogP contribution in [0.1, 0.15) is 6.92 Å². The van der Waals surface area contributed by atoms with Crippen LogP contribution in [0.3, 0.4) is 0 Å². The summed E-state index contributed by atoms with van der Waals surface area (Å²) in [6, 6.07) is 7.72. The quantitative estimate of drug-likeness (QED) is 0.587. The molecule has 1 nitrogen and oxygen atoms in total. The Morgan fingerprint density at radius 2 is 1.83 bits per heavy atom. The summed E-state index contributed by atoms with van der Waals surface area (Å²) in [7, 11) is 7.54. The molecular weight excluding hydrogens is 145 g/mol. The SMILES string of the molecule is [B]c1ccc(N(C)C(=C)C)cc1. The highest BCUT2D eigenvalue weighted by Crippen LogP contribution is 2.13. The zero-order valence-corrected chi connectivity index (χ0v) is 7.54. The minimum absolute atomic E-state index is 0.786. The number of benzene rings is 1. The minimum Gasteiger partial charge on any atom is -0.349 e. The maximum atomic E-state index is 5.56. The molecule has 1 rings (SSSR count). The summed E-state index contributed by atoms with van der Waals surface area (Å²) in [5, 5.41) is 0. The fourth-order valence-corrected chi connectivity index (χ4v) is 0.918. The number of rotatable bonds is 2. The van der Waals surface area contributed by atoms with Crippen LogP contribution in [0.15, 0.2) is 36.5 Å². The molecule has 2 radical (unpaired) electrons. The lowest BCUT2D eigenvalue weighted by Gasteiger charge is -2.18. The van der Waals surface area contributed by atoms with Crippen molar-refractivity contribution in [2.24, 2.45) is 0 Å². The number of anilines is 1. The van der Waals surface area contributed by atoms with Crippen LogP contribution in [-0.2, 0) is 0 Å². The van der Waals surface area contributed by atoms with Crippen molar-refractivity contribution in [1.82, 2.24) is 0 Å². The molecule has 0 bridgehead atoms. The Bertz CT molecular complexity index is 276. The molecule has 0 atom stereocenters. The van der Waals surface area contributed by atoms with Crippen LogP contribution < -0.4 is 10.4 Å². The van der Waals surface area contributed by atoms with Crippen molar-refractivity contribution in [3.8, 4) is 0 Å². The predicted molar refractivity (Wildman–Crippen MR) is 55.0 cm³/mol. The molecule has 0 unspecified atom stereocenters. The average Bonchev–Trinajstić information content (AvgIpc) is 2.04. The van der Waals surface area contributed by atoms with Crippen molar-refractivity contribution >= 4 is 19.0 Å². The maximum Gasteiger partial charge on any atom is 0.113 e. The molecule has 0 heterocycles. The standard InChI is InChI=1S/C10H12BN/c1-8(2)12(3)10-6-4-9(11)5-7-10/h4-7H,1H2,2-3H3. The van der Waals surface area contributed by atoms with Gasteiger partial charge in [0.1, 0.15) is 7.85 Å². The second-order valence-corrected chi connectivity index (χ2v) is 2.89. The van der Waals surface area contributed by atoms with Crippen LogP contribution in [0.25, 0.3) is 0 Å². The van der Waals surface area contributed by atoms with Gasteiger partial charge < -0.3 is 4.90 Å². The summed E-state index contributed by atoms with van der Waals surface area (Å²) in [4.78, 5) is 2.01. The van der Waals surface area contributed by atoms with Crippen molar-refractivity contribution in [3.05, 3.63) is 36.5 Å². The van der Waals surface area contributed by atoms with Gasteiger partial charge in [0.25, 0.3) is 0 Å². The highest BCUT2D eigenvalue weighted by atomic mass is 15.1. The molecule has 12 heavy (non-hydrogen) atoms. The third kappa shape index (κ3) is 1.91. The Labute approximate surface area is 75.1 Å². The Hall–Kier alpha value is -1.18. The highest BCUT2D eigenvalue weighted by molar-refractivity contribution is 6.32. The van der Waals surface area contributed by atoms with Gasteiger partial charge in [-0.2, -0.15) is 0 Å². The van der Waals surface area contributed by atoms with E-state index < -0.39 is 0 Å². The first kappa shape index (κ1) is 8.92. The van der Waals surface area contributed by atoms with Gasteiger partial charge in [0, 0.05) is 18.4 Å². The Balaban J connectivity index is 2.89. The van der Waals surface area contributed by atoms with Crippen LogP contribution in [-0.4, -0.2) is 14.9 Å². The van der Waals surface area contributed by atoms with Gasteiger partial charge >= 0.3 is 0 Å². The molecule has 0 fully saturated rings. The van der Waals surface area contributed by atoms with Gasteiger partial charge in [-0.15, -0.1) is 0 Å². The molecule has 0 aliphatic carbocycles. The monoisotopic (exact) mass is 157 g/mol. The minimum atomic E-state index is 0.786. The third-order valence-electron chi connectivity index (χ3n) is 1.85. The predicted octanol–water partition coefficient (Wildman–Crippen LogP) is 1.45. The fourth-order valence-electron chi connectivity index (χ4n) is 0.918. The van der Waals surface area contributed by atoms with E-state index in [0.29, 0.717) is 0 Å². The molecule has 0 aromatic heterocycles. The Kier molecular flexibility index (Phi) is 2.59. The lowest BCUT2D eigenvalue weighted by atomic mass is 9.96. The van der Waals surface area contributed by atoms with E-state index in [0.717, 1.165) is 16.8 Å². The average molecular weight is 157 g/mol. The molecule has 0 N–H and O–H groups in total. The molecule has 0 saturated heterocycles. The van der Waals surface area contributed by atoms with Gasteiger partial charge in [0.2, 0.25) is 0 Å². The summed E-state index contributed by atoms with van der Waals surface area (Å²) in [6.45, 7) is 5.82. The number of nitrogens with zero attached hydrogens (tertiary/aromatic N) is 1. The van der Waals surface area contributed by atoms with E-state index >= 15 is 0 Å². The second kappa shape index (κ2) is 3.48. The molecule has 0 saturated carbocycles. The lowest BCUT2D eigenvalue weighted by molar-refractivity contribution is 1.10. The van der Waals surface area contributed by atoms with E-state index in [1.807, 2.05) is 43.1 Å². The highest BCUT2D eigenvalue weighted by Gasteiger charge is 1.98. The number of hydrogen-bond acceptors (Lipinski definition) is 1. The van der Waals surface area contributed by atoms with Crippen molar-refractivity contribution < 1.29 is 0 Å². The molecule has 0 amide bonds. The molecule has 0 aliphatic rings. The van der Waals surface area contributed by atoms with Gasteiger partial charge in [0.05, 0.1) is 0 Å².